The fraction of sp³-hybridized carbons (Fsp3) is 0.667. The summed E-state index contributed by atoms with van der Waals surface area (Å²) in [6.45, 7) is 21.4. The number of unbranched alkanes of at least 4 members (excludes halogenated alkanes) is 4. The van der Waals surface area contributed by atoms with Gasteiger partial charge in [0.25, 0.3) is 11.4 Å². The molecule has 0 unspecified atom stereocenters. The molecule has 0 bridgehead atoms. The van der Waals surface area contributed by atoms with Crippen molar-refractivity contribution >= 4 is 23.1 Å². The van der Waals surface area contributed by atoms with Gasteiger partial charge in [0.15, 0.2) is 0 Å². The molecule has 0 saturated carbocycles. The monoisotopic (exact) mass is 612 g/mol. The number of nitro benzene ring substituents is 2. The second kappa shape index (κ2) is 16.1. The van der Waals surface area contributed by atoms with E-state index in [1.807, 2.05) is 12.1 Å². The van der Waals surface area contributed by atoms with Crippen LogP contribution in [0.15, 0.2) is 34.1 Å². The maximum atomic E-state index is 12.7. The third-order valence-electron chi connectivity index (χ3n) is 8.11. The van der Waals surface area contributed by atoms with E-state index in [0.717, 1.165) is 73.6 Å². The van der Waals surface area contributed by atoms with Crippen LogP contribution in [0.2, 0.25) is 0 Å². The number of rotatable bonds is 16. The third-order valence-corrected chi connectivity index (χ3v) is 9.21. The first-order valence-corrected chi connectivity index (χ1v) is 17.1. The summed E-state index contributed by atoms with van der Waals surface area (Å²) in [6, 6.07) is 7.62. The van der Waals surface area contributed by atoms with E-state index >= 15 is 0 Å². The molecule has 0 heterocycles. The zero-order valence-electron chi connectivity index (χ0n) is 28.5. The smallest absolute Gasteiger partial charge is 0.258 e. The van der Waals surface area contributed by atoms with E-state index < -0.39 is 0 Å². The Morgan fingerprint density at radius 3 is 1.23 bits per heavy atom. The lowest BCUT2D eigenvalue weighted by molar-refractivity contribution is -0.389. The van der Waals surface area contributed by atoms with Crippen LogP contribution in [0.4, 0.5) is 11.4 Å². The molecule has 2 aromatic carbocycles. The van der Waals surface area contributed by atoms with Crippen LogP contribution in [-0.2, 0) is 23.7 Å². The molecule has 0 amide bonds. The first-order valence-electron chi connectivity index (χ1n) is 16.2. The van der Waals surface area contributed by atoms with Crippen molar-refractivity contribution in [1.29, 1.82) is 0 Å². The third kappa shape index (κ3) is 10.9. The molecule has 0 aliphatic carbocycles. The van der Waals surface area contributed by atoms with Crippen molar-refractivity contribution in [2.45, 2.75) is 154 Å². The molecule has 7 heteroatoms. The number of hydrogen-bond donors (Lipinski definition) is 0. The Kier molecular flexibility index (Phi) is 13.7. The van der Waals surface area contributed by atoms with Gasteiger partial charge in [0.1, 0.15) is 0 Å². The van der Waals surface area contributed by atoms with E-state index in [4.69, 9.17) is 0 Å². The quantitative estimate of drug-likeness (QED) is 0.107. The highest BCUT2D eigenvalue weighted by Gasteiger charge is 2.32. The zero-order chi connectivity index (χ0) is 32.5. The Hall–Kier alpha value is -2.41. The summed E-state index contributed by atoms with van der Waals surface area (Å²) in [4.78, 5) is 25.8. The fourth-order valence-electron chi connectivity index (χ4n) is 5.89. The van der Waals surface area contributed by atoms with Gasteiger partial charge in [-0.2, -0.15) is 0 Å². The molecule has 0 aliphatic heterocycles. The first-order chi connectivity index (χ1) is 19.9. The van der Waals surface area contributed by atoms with E-state index in [9.17, 15) is 20.2 Å². The Morgan fingerprint density at radius 1 is 0.605 bits per heavy atom. The molecule has 0 aliphatic rings. The lowest BCUT2D eigenvalue weighted by Crippen LogP contribution is -2.17. The van der Waals surface area contributed by atoms with E-state index in [1.165, 1.54) is 11.8 Å². The standard InChI is InChI=1S/C36H56N2O4S/c1-25(2)17-13-11-15-19-27-29(35(5,6)7)21-23-31(33(27)37(39)40)43-32-24-22-30(36(8,9)10)28(34(32)38(41)42)20-16-12-14-18-26(3)4/h21-26H,11-20H2,1-10H3. The van der Waals surface area contributed by atoms with Gasteiger partial charge in [0.05, 0.1) is 19.6 Å². The van der Waals surface area contributed by atoms with E-state index in [1.54, 1.807) is 12.1 Å². The van der Waals surface area contributed by atoms with Crippen LogP contribution in [0.1, 0.15) is 143 Å². The first kappa shape index (κ1) is 36.8. The van der Waals surface area contributed by atoms with Crippen LogP contribution in [0.25, 0.3) is 0 Å². The predicted octanol–water partition coefficient (Wildman–Crippen LogP) is 11.8. The van der Waals surface area contributed by atoms with Gasteiger partial charge in [-0.05, 0) is 71.6 Å². The van der Waals surface area contributed by atoms with Crippen LogP contribution in [0.5, 0.6) is 0 Å². The maximum Gasteiger partial charge on any atom is 0.286 e. The molecule has 0 fully saturated rings. The van der Waals surface area contributed by atoms with Gasteiger partial charge in [0.2, 0.25) is 0 Å². The Morgan fingerprint density at radius 2 is 0.953 bits per heavy atom. The van der Waals surface area contributed by atoms with Gasteiger partial charge in [-0.15, -0.1) is 0 Å². The van der Waals surface area contributed by atoms with Crippen LogP contribution < -0.4 is 0 Å². The van der Waals surface area contributed by atoms with E-state index in [0.29, 0.717) is 34.5 Å². The van der Waals surface area contributed by atoms with Crippen molar-refractivity contribution in [3.8, 4) is 0 Å². The lowest BCUT2D eigenvalue weighted by atomic mass is 9.81. The van der Waals surface area contributed by atoms with Gasteiger partial charge in [-0.3, -0.25) is 20.2 Å². The van der Waals surface area contributed by atoms with Crippen molar-refractivity contribution < 1.29 is 9.85 Å². The minimum atomic E-state index is -0.272. The molecule has 0 aromatic heterocycles. The SMILES string of the molecule is CC(C)CCCCCc1c(C(C)(C)C)ccc(Sc2ccc(C(C)(C)C)c(CCCCCC(C)C)c2[N+](=O)[O-])c1[N+](=O)[O-]. The normalized spacial score (nSPS) is 12.4. The van der Waals surface area contributed by atoms with Crippen molar-refractivity contribution in [1.82, 2.24) is 0 Å². The molecule has 6 nitrogen and oxygen atoms in total. The van der Waals surface area contributed by atoms with Gasteiger partial charge in [-0.25, -0.2) is 0 Å². The molecular formula is C36H56N2O4S. The van der Waals surface area contributed by atoms with Gasteiger partial charge in [0, 0.05) is 11.1 Å². The largest absolute Gasteiger partial charge is 0.286 e. The van der Waals surface area contributed by atoms with Crippen LogP contribution in [0, 0.1) is 32.1 Å². The summed E-state index contributed by atoms with van der Waals surface area (Å²) in [5, 5.41) is 25.3. The van der Waals surface area contributed by atoms with Gasteiger partial charge >= 0.3 is 0 Å². The molecule has 0 saturated heterocycles. The summed E-state index contributed by atoms with van der Waals surface area (Å²) in [5.74, 6) is 1.29. The van der Waals surface area contributed by atoms with E-state index in [2.05, 4.69) is 69.2 Å². The highest BCUT2D eigenvalue weighted by molar-refractivity contribution is 7.99. The Bertz CT molecular complexity index is 1140. The summed E-state index contributed by atoms with van der Waals surface area (Å²) in [5.41, 5.74) is 3.18. The number of benzene rings is 2. The van der Waals surface area contributed by atoms with E-state index in [-0.39, 0.29) is 32.1 Å². The average Bonchev–Trinajstić information content (AvgIpc) is 2.86. The van der Waals surface area contributed by atoms with Gasteiger partial charge in [-0.1, -0.05) is 132 Å². The molecule has 2 aromatic rings. The fourth-order valence-corrected chi connectivity index (χ4v) is 6.98. The van der Waals surface area contributed by atoms with Crippen LogP contribution in [-0.4, -0.2) is 9.85 Å². The summed E-state index contributed by atoms with van der Waals surface area (Å²) < 4.78 is 0. The molecule has 240 valence electrons. The number of nitro groups is 2. The highest BCUT2D eigenvalue weighted by atomic mass is 32.2. The van der Waals surface area contributed by atoms with Crippen molar-refractivity contribution in [3.63, 3.8) is 0 Å². The molecular weight excluding hydrogens is 556 g/mol. The molecule has 0 spiro atoms. The molecule has 0 radical (unpaired) electrons. The van der Waals surface area contributed by atoms with Crippen LogP contribution in [0.3, 0.4) is 0 Å². The van der Waals surface area contributed by atoms with Crippen molar-refractivity contribution in [3.05, 3.63) is 66.7 Å². The van der Waals surface area contributed by atoms with Crippen molar-refractivity contribution in [2.75, 3.05) is 0 Å². The lowest BCUT2D eigenvalue weighted by Gasteiger charge is -2.25. The Balaban J connectivity index is 2.60. The minimum Gasteiger partial charge on any atom is -0.258 e. The molecule has 2 rings (SSSR count). The summed E-state index contributed by atoms with van der Waals surface area (Å²) in [6.07, 6.45) is 9.58. The van der Waals surface area contributed by atoms with Crippen LogP contribution >= 0.6 is 11.8 Å². The maximum absolute atomic E-state index is 12.7. The minimum absolute atomic E-state index is 0.103. The highest BCUT2D eigenvalue weighted by Crippen LogP contribution is 2.46. The molecule has 0 N–H and O–H groups in total. The zero-order valence-corrected chi connectivity index (χ0v) is 29.3. The summed E-state index contributed by atoms with van der Waals surface area (Å²) >= 11 is 1.18. The average molecular weight is 613 g/mol. The Labute approximate surface area is 265 Å². The number of hydrogen-bond acceptors (Lipinski definition) is 5. The summed E-state index contributed by atoms with van der Waals surface area (Å²) in [7, 11) is 0. The molecule has 0 atom stereocenters. The number of nitrogens with zero attached hydrogens (tertiary/aromatic N) is 2. The van der Waals surface area contributed by atoms with Crippen molar-refractivity contribution in [2.24, 2.45) is 11.8 Å². The second-order valence-corrected chi connectivity index (χ2v) is 16.1. The second-order valence-electron chi connectivity index (χ2n) is 15.0. The predicted molar refractivity (Wildman–Crippen MR) is 182 cm³/mol. The van der Waals surface area contributed by atoms with Gasteiger partial charge < -0.3 is 0 Å². The molecule has 43 heavy (non-hydrogen) atoms. The topological polar surface area (TPSA) is 86.3 Å².